The quantitative estimate of drug-likeness (QED) is 0.674. The Labute approximate surface area is 117 Å². The highest BCUT2D eigenvalue weighted by molar-refractivity contribution is 7.99. The molecule has 9 heteroatoms. The van der Waals surface area contributed by atoms with Crippen molar-refractivity contribution in [2.45, 2.75) is 24.1 Å². The summed E-state index contributed by atoms with van der Waals surface area (Å²) in [6.45, 7) is 3.47. The molecule has 0 unspecified atom stereocenters. The normalized spacial score (nSPS) is 10.5. The molecule has 0 radical (unpaired) electrons. The van der Waals surface area contributed by atoms with E-state index in [9.17, 15) is 14.9 Å². The molecule has 0 atom stereocenters. The maximum atomic E-state index is 11.0. The van der Waals surface area contributed by atoms with E-state index in [2.05, 4.69) is 9.97 Å². The molecule has 0 saturated carbocycles. The van der Waals surface area contributed by atoms with E-state index in [1.165, 1.54) is 0 Å². The number of aryl methyl sites for hydroxylation is 2. The van der Waals surface area contributed by atoms with Crippen molar-refractivity contribution in [3.8, 4) is 0 Å². The van der Waals surface area contributed by atoms with Crippen LogP contribution in [0, 0.1) is 24.0 Å². The van der Waals surface area contributed by atoms with Crippen molar-refractivity contribution in [1.29, 1.82) is 0 Å². The van der Waals surface area contributed by atoms with Crippen LogP contribution in [-0.2, 0) is 0 Å². The molecule has 0 fully saturated rings. The summed E-state index contributed by atoms with van der Waals surface area (Å²) in [6, 6.07) is 0.959. The minimum absolute atomic E-state index is 0.0289. The Balaban J connectivity index is 2.40. The van der Waals surface area contributed by atoms with Gasteiger partial charge in [-0.15, -0.1) is 0 Å². The van der Waals surface area contributed by atoms with Crippen molar-refractivity contribution < 1.29 is 19.2 Å². The average Bonchev–Trinajstić information content (AvgIpc) is 2.68. The summed E-state index contributed by atoms with van der Waals surface area (Å²) in [5, 5.41) is 20.0. The SMILES string of the molecule is Cc1nc(Sc2ncc(C(=O)O)cc2[N+](=O)[O-])oc1C. The van der Waals surface area contributed by atoms with Crippen LogP contribution in [0.1, 0.15) is 21.8 Å². The van der Waals surface area contributed by atoms with Gasteiger partial charge < -0.3 is 9.52 Å². The van der Waals surface area contributed by atoms with Gasteiger partial charge in [0.2, 0.25) is 0 Å². The number of aromatic carboxylic acids is 1. The lowest BCUT2D eigenvalue weighted by Gasteiger charge is -2.00. The minimum atomic E-state index is -1.28. The Morgan fingerprint density at radius 2 is 2.20 bits per heavy atom. The zero-order chi connectivity index (χ0) is 14.9. The van der Waals surface area contributed by atoms with Crippen molar-refractivity contribution in [2.75, 3.05) is 0 Å². The van der Waals surface area contributed by atoms with Crippen LogP contribution in [0.2, 0.25) is 0 Å². The predicted molar refractivity (Wildman–Crippen MR) is 68.0 cm³/mol. The van der Waals surface area contributed by atoms with Gasteiger partial charge in [0.15, 0.2) is 5.03 Å². The van der Waals surface area contributed by atoms with E-state index in [1.54, 1.807) is 13.8 Å². The summed E-state index contributed by atoms with van der Waals surface area (Å²) < 4.78 is 5.30. The number of aromatic nitrogens is 2. The van der Waals surface area contributed by atoms with Crippen LogP contribution < -0.4 is 0 Å². The van der Waals surface area contributed by atoms with Gasteiger partial charge in [-0.05, 0) is 25.6 Å². The number of pyridine rings is 1. The first kappa shape index (κ1) is 14.0. The number of carboxylic acid groups (broad SMARTS) is 1. The summed E-state index contributed by atoms with van der Waals surface area (Å²) in [5.74, 6) is -0.669. The van der Waals surface area contributed by atoms with Crippen LogP contribution in [-0.4, -0.2) is 26.0 Å². The Morgan fingerprint density at radius 3 is 2.70 bits per heavy atom. The smallest absolute Gasteiger partial charge is 0.337 e. The molecule has 0 saturated heterocycles. The van der Waals surface area contributed by atoms with Crippen LogP contribution in [0.3, 0.4) is 0 Å². The molecule has 104 valence electrons. The summed E-state index contributed by atoms with van der Waals surface area (Å²) in [7, 11) is 0. The standard InChI is InChI=1S/C11H9N3O5S/c1-5-6(2)19-11(13-5)20-9-8(14(17)18)3-7(4-12-9)10(15)16/h3-4H,1-2H3,(H,15,16). The van der Waals surface area contributed by atoms with Gasteiger partial charge in [0.1, 0.15) is 5.76 Å². The number of nitro groups is 1. The number of oxazole rings is 1. The number of rotatable bonds is 4. The van der Waals surface area contributed by atoms with Gasteiger partial charge in [0, 0.05) is 12.3 Å². The van der Waals surface area contributed by atoms with Gasteiger partial charge >= 0.3 is 11.7 Å². The lowest BCUT2D eigenvalue weighted by atomic mass is 10.3. The highest BCUT2D eigenvalue weighted by Gasteiger charge is 2.21. The molecule has 0 amide bonds. The number of nitrogens with zero attached hydrogens (tertiary/aromatic N) is 3. The fourth-order valence-electron chi connectivity index (χ4n) is 1.34. The first-order valence-electron chi connectivity index (χ1n) is 5.38. The minimum Gasteiger partial charge on any atom is -0.478 e. The lowest BCUT2D eigenvalue weighted by Crippen LogP contribution is -2.01. The van der Waals surface area contributed by atoms with Gasteiger partial charge in [-0.1, -0.05) is 0 Å². The Morgan fingerprint density at radius 1 is 1.50 bits per heavy atom. The Hall–Kier alpha value is -2.42. The molecule has 0 aliphatic carbocycles. The second-order valence-electron chi connectivity index (χ2n) is 3.83. The van der Waals surface area contributed by atoms with Gasteiger partial charge in [-0.2, -0.15) is 0 Å². The van der Waals surface area contributed by atoms with E-state index in [4.69, 9.17) is 9.52 Å². The lowest BCUT2D eigenvalue weighted by molar-refractivity contribution is -0.388. The second-order valence-corrected chi connectivity index (χ2v) is 4.77. The van der Waals surface area contributed by atoms with E-state index < -0.39 is 16.6 Å². The van der Waals surface area contributed by atoms with Crippen molar-refractivity contribution in [1.82, 2.24) is 9.97 Å². The van der Waals surface area contributed by atoms with E-state index in [0.717, 1.165) is 24.0 Å². The van der Waals surface area contributed by atoms with Gasteiger partial charge in [0.25, 0.3) is 5.22 Å². The molecule has 2 heterocycles. The average molecular weight is 295 g/mol. The Kier molecular flexibility index (Phi) is 3.70. The largest absolute Gasteiger partial charge is 0.478 e. The van der Waals surface area contributed by atoms with Crippen LogP contribution in [0.5, 0.6) is 0 Å². The first-order valence-corrected chi connectivity index (χ1v) is 6.19. The summed E-state index contributed by atoms with van der Waals surface area (Å²) >= 11 is 0.874. The third-order valence-electron chi connectivity index (χ3n) is 2.47. The molecule has 8 nitrogen and oxygen atoms in total. The number of hydrogen-bond acceptors (Lipinski definition) is 7. The van der Waals surface area contributed by atoms with Crippen molar-refractivity contribution in [3.63, 3.8) is 0 Å². The monoisotopic (exact) mass is 295 g/mol. The molecule has 20 heavy (non-hydrogen) atoms. The van der Waals surface area contributed by atoms with E-state index in [0.29, 0.717) is 11.5 Å². The summed E-state index contributed by atoms with van der Waals surface area (Å²) in [5.41, 5.74) is 0.0292. The van der Waals surface area contributed by atoms with Crippen molar-refractivity contribution in [3.05, 3.63) is 39.4 Å². The highest BCUT2D eigenvalue weighted by atomic mass is 32.2. The molecule has 2 aromatic heterocycles. The summed E-state index contributed by atoms with van der Waals surface area (Å²) in [4.78, 5) is 28.9. The van der Waals surface area contributed by atoms with Gasteiger partial charge in [-0.25, -0.2) is 14.8 Å². The molecule has 0 aliphatic heterocycles. The molecule has 0 aliphatic rings. The van der Waals surface area contributed by atoms with Crippen molar-refractivity contribution in [2.24, 2.45) is 0 Å². The molecule has 0 bridgehead atoms. The van der Waals surface area contributed by atoms with E-state index in [1.807, 2.05) is 0 Å². The third kappa shape index (κ3) is 2.77. The first-order chi connectivity index (χ1) is 9.38. The molecular weight excluding hydrogens is 286 g/mol. The maximum Gasteiger partial charge on any atom is 0.337 e. The van der Waals surface area contributed by atoms with Crippen LogP contribution in [0.25, 0.3) is 0 Å². The zero-order valence-electron chi connectivity index (χ0n) is 10.5. The fourth-order valence-corrected chi connectivity index (χ4v) is 2.19. The summed E-state index contributed by atoms with van der Waals surface area (Å²) in [6.07, 6.45) is 1.06. The molecule has 0 spiro atoms. The van der Waals surface area contributed by atoms with Crippen LogP contribution in [0.4, 0.5) is 5.69 Å². The number of hydrogen-bond donors (Lipinski definition) is 1. The second kappa shape index (κ2) is 5.29. The molecule has 0 aromatic carbocycles. The number of carboxylic acids is 1. The van der Waals surface area contributed by atoms with E-state index in [-0.39, 0.29) is 15.8 Å². The third-order valence-corrected chi connectivity index (χ3v) is 3.33. The molecular formula is C11H9N3O5S. The fraction of sp³-hybridized carbons (Fsp3) is 0.182. The topological polar surface area (TPSA) is 119 Å². The molecule has 2 aromatic rings. The molecule has 2 rings (SSSR count). The highest BCUT2D eigenvalue weighted by Crippen LogP contribution is 2.33. The molecule has 1 N–H and O–H groups in total. The maximum absolute atomic E-state index is 11.0. The van der Waals surface area contributed by atoms with Crippen molar-refractivity contribution >= 4 is 23.4 Å². The van der Waals surface area contributed by atoms with Gasteiger partial charge in [-0.3, -0.25) is 10.1 Å². The van der Waals surface area contributed by atoms with Crippen LogP contribution in [0.15, 0.2) is 26.9 Å². The zero-order valence-corrected chi connectivity index (χ0v) is 11.3. The van der Waals surface area contributed by atoms with E-state index >= 15 is 0 Å². The van der Waals surface area contributed by atoms with Crippen LogP contribution >= 0.6 is 11.8 Å². The predicted octanol–water partition coefficient (Wildman–Crippen LogP) is 2.44. The number of carbonyl (C=O) groups is 1. The Bertz CT molecular complexity index is 678. The van der Waals surface area contributed by atoms with Gasteiger partial charge in [0.05, 0.1) is 16.2 Å².